The van der Waals surface area contributed by atoms with Crippen LogP contribution in [0.15, 0.2) is 12.2 Å². The van der Waals surface area contributed by atoms with Crippen molar-refractivity contribution < 1.29 is 37.6 Å². The minimum Gasteiger partial charge on any atom is -0.337 e. The fourth-order valence-corrected chi connectivity index (χ4v) is 2.61. The van der Waals surface area contributed by atoms with Crippen molar-refractivity contribution in [3.63, 3.8) is 0 Å². The Morgan fingerprint density at radius 1 is 1.11 bits per heavy atom. The lowest BCUT2D eigenvalue weighted by atomic mass is 10.1. The Balaban J connectivity index is 5.02. The number of ketones is 1. The molecule has 0 saturated carbocycles. The van der Waals surface area contributed by atoms with E-state index in [0.717, 1.165) is 0 Å². The fraction of sp³-hybridized carbons (Fsp3) is 0.700. The predicted octanol–water partition coefficient (Wildman–Crippen LogP) is 1.10. The van der Waals surface area contributed by atoms with Crippen molar-refractivity contribution in [3.05, 3.63) is 12.2 Å². The van der Waals surface area contributed by atoms with Crippen molar-refractivity contribution in [2.45, 2.75) is 26.4 Å². The van der Waals surface area contributed by atoms with Crippen LogP contribution >= 0.6 is 0 Å². The van der Waals surface area contributed by atoms with E-state index in [1.54, 1.807) is 13.8 Å². The average molecular weight is 296 g/mol. The minimum atomic E-state index is -3.92. The molecule has 0 heterocycles. The van der Waals surface area contributed by atoms with Crippen molar-refractivity contribution in [2.24, 2.45) is 0 Å². The van der Waals surface area contributed by atoms with Gasteiger partial charge in [-0.2, -0.15) is 13.7 Å². The second kappa shape index (κ2) is 9.28. The Hall–Kier alpha value is -0.653. The zero-order valence-electron chi connectivity index (χ0n) is 11.8. The van der Waals surface area contributed by atoms with Crippen LogP contribution in [0, 0.1) is 0 Å². The number of hydrogen-bond donors (Lipinski definition) is 0. The van der Waals surface area contributed by atoms with Crippen LogP contribution in [0.1, 0.15) is 20.3 Å². The Kier molecular flexibility index (Phi) is 8.96. The first-order chi connectivity index (χ1) is 8.96. The van der Waals surface area contributed by atoms with Gasteiger partial charge < -0.3 is 4.43 Å². The largest absolute Gasteiger partial charge is 0.765 e. The highest BCUT2D eigenvalue weighted by molar-refractivity contribution is 6.53. The van der Waals surface area contributed by atoms with E-state index >= 15 is 0 Å². The van der Waals surface area contributed by atoms with E-state index in [1.807, 2.05) is 0 Å². The molecule has 0 saturated heterocycles. The SMILES string of the molecule is C=C(C)C(=O)C(CC)O[Si](OOC)(OOC)OOC. The van der Waals surface area contributed by atoms with Crippen LogP contribution in [-0.4, -0.2) is 42.3 Å². The van der Waals surface area contributed by atoms with Gasteiger partial charge in [0, 0.05) is 0 Å². The van der Waals surface area contributed by atoms with Crippen molar-refractivity contribution in [3.8, 4) is 0 Å². The highest BCUT2D eigenvalue weighted by Gasteiger charge is 2.54. The Morgan fingerprint density at radius 3 is 1.79 bits per heavy atom. The second-order valence-corrected chi connectivity index (χ2v) is 5.15. The van der Waals surface area contributed by atoms with E-state index in [9.17, 15) is 4.79 Å². The molecule has 0 spiro atoms. The van der Waals surface area contributed by atoms with Gasteiger partial charge in [-0.05, 0) is 18.9 Å². The molecular weight excluding hydrogens is 276 g/mol. The zero-order chi connectivity index (χ0) is 14.9. The van der Waals surface area contributed by atoms with Crippen LogP contribution in [0.4, 0.5) is 0 Å². The summed E-state index contributed by atoms with van der Waals surface area (Å²) in [6, 6.07) is 0. The van der Waals surface area contributed by atoms with Crippen LogP contribution in [0.5, 0.6) is 0 Å². The van der Waals surface area contributed by atoms with Gasteiger partial charge in [0.1, 0.15) is 6.10 Å². The standard InChI is InChI=1S/C10H20O8Si/c1-7-9(10(11)8(2)3)15-19(16-12-4,17-13-5)18-14-6/h9H,2,7H2,1,3-6H3. The molecule has 0 aromatic rings. The molecule has 0 radical (unpaired) electrons. The van der Waals surface area contributed by atoms with Crippen LogP contribution in [-0.2, 0) is 37.6 Å². The molecule has 0 fully saturated rings. The highest BCUT2D eigenvalue weighted by atomic mass is 28.4. The molecule has 0 aromatic carbocycles. The number of carbonyl (C=O) groups excluding carboxylic acids is 1. The zero-order valence-corrected chi connectivity index (χ0v) is 12.8. The molecule has 0 bridgehead atoms. The first-order valence-electron chi connectivity index (χ1n) is 5.49. The van der Waals surface area contributed by atoms with E-state index < -0.39 is 15.2 Å². The summed E-state index contributed by atoms with van der Waals surface area (Å²) >= 11 is 0. The number of hydrogen-bond acceptors (Lipinski definition) is 8. The highest BCUT2D eigenvalue weighted by Crippen LogP contribution is 2.18. The summed E-state index contributed by atoms with van der Waals surface area (Å²) in [6.45, 7) is 6.88. The van der Waals surface area contributed by atoms with Crippen molar-refractivity contribution in [1.29, 1.82) is 0 Å². The lowest BCUT2D eigenvalue weighted by molar-refractivity contribution is -0.372. The third-order valence-corrected chi connectivity index (χ3v) is 3.61. The van der Waals surface area contributed by atoms with Gasteiger partial charge >= 0.3 is 9.05 Å². The molecule has 0 aliphatic carbocycles. The summed E-state index contributed by atoms with van der Waals surface area (Å²) in [5, 5.41) is 0. The Morgan fingerprint density at radius 2 is 1.53 bits per heavy atom. The van der Waals surface area contributed by atoms with Gasteiger partial charge in [0.2, 0.25) is 0 Å². The van der Waals surface area contributed by atoms with Gasteiger partial charge in [-0.1, -0.05) is 13.5 Å². The lowest BCUT2D eigenvalue weighted by Gasteiger charge is -2.26. The predicted molar refractivity (Wildman–Crippen MR) is 65.0 cm³/mol. The molecule has 0 aliphatic rings. The summed E-state index contributed by atoms with van der Waals surface area (Å²) < 4.78 is 19.9. The van der Waals surface area contributed by atoms with Gasteiger partial charge in [-0.3, -0.25) is 4.79 Å². The molecular formula is C10H20O8Si. The van der Waals surface area contributed by atoms with Crippen molar-refractivity contribution >= 4 is 14.8 Å². The Labute approximate surface area is 113 Å². The molecule has 112 valence electrons. The van der Waals surface area contributed by atoms with Gasteiger partial charge in [-0.15, -0.1) is 0 Å². The normalized spacial score (nSPS) is 13.3. The Bertz CT molecular complexity index is 278. The molecule has 19 heavy (non-hydrogen) atoms. The minimum absolute atomic E-state index is 0.307. The van der Waals surface area contributed by atoms with Crippen LogP contribution in [0.3, 0.4) is 0 Å². The molecule has 9 heteroatoms. The van der Waals surface area contributed by atoms with Crippen molar-refractivity contribution in [1.82, 2.24) is 0 Å². The molecule has 1 unspecified atom stereocenters. The summed E-state index contributed by atoms with van der Waals surface area (Å²) in [4.78, 5) is 25.3. The molecule has 0 rings (SSSR count). The second-order valence-electron chi connectivity index (χ2n) is 3.41. The van der Waals surface area contributed by atoms with Gasteiger partial charge in [-0.25, -0.2) is 14.7 Å². The monoisotopic (exact) mass is 296 g/mol. The lowest BCUT2D eigenvalue weighted by Crippen LogP contribution is -2.52. The number of rotatable bonds is 11. The summed E-state index contributed by atoms with van der Waals surface area (Å²) in [6.07, 6.45) is -0.516. The molecule has 8 nitrogen and oxygen atoms in total. The molecule has 0 N–H and O–H groups in total. The summed E-state index contributed by atoms with van der Waals surface area (Å²) in [5.41, 5.74) is 0.335. The fourth-order valence-electron chi connectivity index (χ4n) is 1.18. The van der Waals surface area contributed by atoms with E-state index in [-0.39, 0.29) is 5.78 Å². The van der Waals surface area contributed by atoms with Gasteiger partial charge in [0.25, 0.3) is 0 Å². The van der Waals surface area contributed by atoms with Crippen molar-refractivity contribution in [2.75, 3.05) is 21.3 Å². The molecule has 1 atom stereocenters. The maximum atomic E-state index is 11.9. The van der Waals surface area contributed by atoms with Gasteiger partial charge in [0.15, 0.2) is 5.78 Å². The first-order valence-corrected chi connectivity index (χ1v) is 7.12. The third kappa shape index (κ3) is 5.89. The quantitative estimate of drug-likeness (QED) is 0.243. The number of carbonyl (C=O) groups is 1. The maximum absolute atomic E-state index is 11.9. The maximum Gasteiger partial charge on any atom is 0.765 e. The summed E-state index contributed by atoms with van der Waals surface area (Å²) in [7, 11) is -0.236. The van der Waals surface area contributed by atoms with Crippen LogP contribution < -0.4 is 0 Å². The first kappa shape index (κ1) is 18.3. The van der Waals surface area contributed by atoms with Crippen LogP contribution in [0.2, 0.25) is 0 Å². The molecule has 0 amide bonds. The third-order valence-electron chi connectivity index (χ3n) is 1.93. The number of Topliss-reactive ketones (excluding diaryl/α,β-unsaturated/α-hetero) is 1. The van der Waals surface area contributed by atoms with E-state index in [2.05, 4.69) is 21.2 Å². The van der Waals surface area contributed by atoms with E-state index in [4.69, 9.17) is 18.2 Å². The smallest absolute Gasteiger partial charge is 0.337 e. The molecule has 0 aliphatic heterocycles. The topological polar surface area (TPSA) is 81.7 Å². The van der Waals surface area contributed by atoms with Crippen LogP contribution in [0.25, 0.3) is 0 Å². The van der Waals surface area contributed by atoms with E-state index in [0.29, 0.717) is 12.0 Å². The average Bonchev–Trinajstić information content (AvgIpc) is 2.36. The van der Waals surface area contributed by atoms with Gasteiger partial charge in [0.05, 0.1) is 21.3 Å². The summed E-state index contributed by atoms with van der Waals surface area (Å²) in [5.74, 6) is -0.307. The van der Waals surface area contributed by atoms with E-state index in [1.165, 1.54) is 21.3 Å². The molecule has 0 aromatic heterocycles.